The third-order valence-electron chi connectivity index (χ3n) is 3.68. The number of carbonyl (C=O) groups is 2. The minimum atomic E-state index is -0.736. The Morgan fingerprint density at radius 2 is 1.64 bits per heavy atom. The number of hydrogen-bond acceptors (Lipinski definition) is 3. The zero-order valence-electron chi connectivity index (χ0n) is 12.1. The minimum Gasteiger partial charge on any atom is -0.439 e. The lowest BCUT2D eigenvalue weighted by atomic mass is 10.0. The van der Waals surface area contributed by atoms with Crippen LogP contribution >= 0.6 is 0 Å². The molecular formula is C17H16N2O3. The quantitative estimate of drug-likeness (QED) is 0.946. The van der Waals surface area contributed by atoms with Gasteiger partial charge in [0.2, 0.25) is 0 Å². The molecule has 0 radical (unpaired) electrons. The van der Waals surface area contributed by atoms with E-state index in [1.807, 2.05) is 60.7 Å². The van der Waals surface area contributed by atoms with Crippen molar-refractivity contribution in [3.8, 4) is 0 Å². The van der Waals surface area contributed by atoms with Crippen LogP contribution in [-0.2, 0) is 9.53 Å². The van der Waals surface area contributed by atoms with Crippen LogP contribution in [0.25, 0.3) is 0 Å². The molecule has 1 saturated heterocycles. The predicted molar refractivity (Wildman–Crippen MR) is 82.4 cm³/mol. The van der Waals surface area contributed by atoms with E-state index in [1.165, 1.54) is 4.90 Å². The molecule has 5 heteroatoms. The third kappa shape index (κ3) is 2.65. The molecule has 1 aliphatic rings. The molecule has 2 amide bonds. The number of rotatable bonds is 3. The normalized spacial score (nSPS) is 20.1. The average Bonchev–Trinajstić information content (AvgIpc) is 2.97. The van der Waals surface area contributed by atoms with Gasteiger partial charge in [0, 0.05) is 12.7 Å². The Labute approximate surface area is 128 Å². The lowest BCUT2D eigenvalue weighted by molar-refractivity contribution is -0.121. The molecule has 1 N–H and O–H groups in total. The van der Waals surface area contributed by atoms with Crippen LogP contribution in [0.1, 0.15) is 11.7 Å². The summed E-state index contributed by atoms with van der Waals surface area (Å²) in [7, 11) is 1.68. The van der Waals surface area contributed by atoms with Crippen LogP contribution in [0, 0.1) is 0 Å². The third-order valence-corrected chi connectivity index (χ3v) is 3.68. The van der Waals surface area contributed by atoms with Crippen LogP contribution in [0.15, 0.2) is 60.7 Å². The van der Waals surface area contributed by atoms with Crippen molar-refractivity contribution in [3.05, 3.63) is 66.2 Å². The summed E-state index contributed by atoms with van der Waals surface area (Å²) in [6.07, 6.45) is -1.19. The highest BCUT2D eigenvalue weighted by Crippen LogP contribution is 2.28. The summed E-state index contributed by atoms with van der Waals surface area (Å²) in [5.41, 5.74) is 1.56. The highest BCUT2D eigenvalue weighted by atomic mass is 16.6. The second kappa shape index (κ2) is 5.89. The SMILES string of the molecule is CN(C(=O)C1NC(=O)OC1c1ccccc1)c1ccccc1. The number of anilines is 1. The molecule has 0 bridgehead atoms. The first kappa shape index (κ1) is 14.1. The number of alkyl carbamates (subject to hydrolysis) is 1. The summed E-state index contributed by atoms with van der Waals surface area (Å²) in [4.78, 5) is 25.8. The van der Waals surface area contributed by atoms with E-state index in [4.69, 9.17) is 4.74 Å². The Hall–Kier alpha value is -2.82. The molecule has 1 aliphatic heterocycles. The fourth-order valence-corrected chi connectivity index (χ4v) is 2.50. The van der Waals surface area contributed by atoms with Crippen molar-refractivity contribution in [2.24, 2.45) is 0 Å². The molecular weight excluding hydrogens is 280 g/mol. The Kier molecular flexibility index (Phi) is 3.78. The molecule has 0 aliphatic carbocycles. The maximum Gasteiger partial charge on any atom is 0.408 e. The van der Waals surface area contributed by atoms with Crippen molar-refractivity contribution >= 4 is 17.7 Å². The Morgan fingerprint density at radius 3 is 2.27 bits per heavy atom. The summed E-state index contributed by atoms with van der Waals surface area (Å²) >= 11 is 0. The van der Waals surface area contributed by atoms with E-state index in [0.29, 0.717) is 0 Å². The fraction of sp³-hybridized carbons (Fsp3) is 0.176. The molecule has 3 rings (SSSR count). The highest BCUT2D eigenvalue weighted by molar-refractivity contribution is 5.99. The lowest BCUT2D eigenvalue weighted by Crippen LogP contribution is -2.45. The number of benzene rings is 2. The first-order valence-corrected chi connectivity index (χ1v) is 7.01. The summed E-state index contributed by atoms with van der Waals surface area (Å²) in [6.45, 7) is 0. The largest absolute Gasteiger partial charge is 0.439 e. The molecule has 1 heterocycles. The number of likely N-dealkylation sites (N-methyl/N-ethyl adjacent to an activating group) is 1. The molecule has 2 aromatic carbocycles. The second-order valence-electron chi connectivity index (χ2n) is 5.09. The van der Waals surface area contributed by atoms with Gasteiger partial charge in [0.25, 0.3) is 5.91 Å². The number of nitrogens with one attached hydrogen (secondary N) is 1. The lowest BCUT2D eigenvalue weighted by Gasteiger charge is -2.23. The van der Waals surface area contributed by atoms with Gasteiger partial charge in [0.05, 0.1) is 0 Å². The van der Waals surface area contributed by atoms with Crippen molar-refractivity contribution in [3.63, 3.8) is 0 Å². The number of ether oxygens (including phenoxy) is 1. The van der Waals surface area contributed by atoms with Gasteiger partial charge in [0.15, 0.2) is 12.1 Å². The molecule has 0 aromatic heterocycles. The van der Waals surface area contributed by atoms with Crippen molar-refractivity contribution in [2.75, 3.05) is 11.9 Å². The first-order valence-electron chi connectivity index (χ1n) is 7.01. The molecule has 22 heavy (non-hydrogen) atoms. The maximum absolute atomic E-state index is 12.7. The van der Waals surface area contributed by atoms with Crippen LogP contribution in [-0.4, -0.2) is 25.1 Å². The van der Waals surface area contributed by atoms with Crippen LogP contribution in [0.5, 0.6) is 0 Å². The van der Waals surface area contributed by atoms with Gasteiger partial charge in [-0.15, -0.1) is 0 Å². The summed E-state index contributed by atoms with van der Waals surface area (Å²) in [5, 5.41) is 2.60. The number of para-hydroxylation sites is 1. The van der Waals surface area contributed by atoms with E-state index in [1.54, 1.807) is 7.05 Å². The molecule has 2 atom stereocenters. The summed E-state index contributed by atoms with van der Waals surface area (Å²) in [5.74, 6) is -0.217. The highest BCUT2D eigenvalue weighted by Gasteiger charge is 2.41. The molecule has 5 nitrogen and oxygen atoms in total. The van der Waals surface area contributed by atoms with Gasteiger partial charge in [-0.1, -0.05) is 48.5 Å². The van der Waals surface area contributed by atoms with Crippen LogP contribution < -0.4 is 10.2 Å². The van der Waals surface area contributed by atoms with Crippen LogP contribution in [0.2, 0.25) is 0 Å². The van der Waals surface area contributed by atoms with Crippen molar-refractivity contribution in [1.82, 2.24) is 5.32 Å². The topological polar surface area (TPSA) is 58.6 Å². The molecule has 1 fully saturated rings. The van der Waals surface area contributed by atoms with Gasteiger partial charge in [-0.2, -0.15) is 0 Å². The van der Waals surface area contributed by atoms with Crippen LogP contribution in [0.3, 0.4) is 0 Å². The maximum atomic E-state index is 12.7. The van der Waals surface area contributed by atoms with E-state index in [0.717, 1.165) is 11.3 Å². The van der Waals surface area contributed by atoms with Gasteiger partial charge < -0.3 is 15.0 Å². The monoisotopic (exact) mass is 296 g/mol. The molecule has 2 aromatic rings. The Morgan fingerprint density at radius 1 is 1.05 bits per heavy atom. The molecule has 0 saturated carbocycles. The zero-order chi connectivity index (χ0) is 15.5. The van der Waals surface area contributed by atoms with Crippen molar-refractivity contribution in [1.29, 1.82) is 0 Å². The summed E-state index contributed by atoms with van der Waals surface area (Å²) in [6, 6.07) is 17.8. The molecule has 112 valence electrons. The van der Waals surface area contributed by atoms with Gasteiger partial charge >= 0.3 is 6.09 Å². The van der Waals surface area contributed by atoms with E-state index in [2.05, 4.69) is 5.32 Å². The van der Waals surface area contributed by atoms with E-state index < -0.39 is 18.2 Å². The van der Waals surface area contributed by atoms with Gasteiger partial charge in [-0.05, 0) is 17.7 Å². The number of nitrogens with zero attached hydrogens (tertiary/aromatic N) is 1. The van der Waals surface area contributed by atoms with Crippen molar-refractivity contribution in [2.45, 2.75) is 12.1 Å². The van der Waals surface area contributed by atoms with Crippen molar-refractivity contribution < 1.29 is 14.3 Å². The fourth-order valence-electron chi connectivity index (χ4n) is 2.50. The van der Waals surface area contributed by atoms with E-state index in [9.17, 15) is 9.59 Å². The zero-order valence-corrected chi connectivity index (χ0v) is 12.1. The Balaban J connectivity index is 1.85. The minimum absolute atomic E-state index is 0.217. The van der Waals surface area contributed by atoms with Gasteiger partial charge in [-0.25, -0.2) is 4.79 Å². The average molecular weight is 296 g/mol. The first-order chi connectivity index (χ1) is 10.7. The Bertz CT molecular complexity index is 673. The van der Waals surface area contributed by atoms with E-state index >= 15 is 0 Å². The number of amides is 2. The molecule has 2 unspecified atom stereocenters. The standard InChI is InChI=1S/C17H16N2O3/c1-19(13-10-6-3-7-11-13)16(20)14-15(22-17(21)18-14)12-8-4-2-5-9-12/h2-11,14-15H,1H3,(H,18,21). The van der Waals surface area contributed by atoms with Gasteiger partial charge in [-0.3, -0.25) is 4.79 Å². The van der Waals surface area contributed by atoms with E-state index in [-0.39, 0.29) is 5.91 Å². The second-order valence-corrected chi connectivity index (χ2v) is 5.09. The van der Waals surface area contributed by atoms with Gasteiger partial charge in [0.1, 0.15) is 0 Å². The predicted octanol–water partition coefficient (Wildman–Crippen LogP) is 2.50. The molecule has 0 spiro atoms. The smallest absolute Gasteiger partial charge is 0.408 e. The van der Waals surface area contributed by atoms with Crippen LogP contribution in [0.4, 0.5) is 10.5 Å². The number of cyclic esters (lactones) is 1. The number of hydrogen-bond donors (Lipinski definition) is 1. The number of carbonyl (C=O) groups excluding carboxylic acids is 2. The summed E-state index contributed by atoms with van der Waals surface area (Å²) < 4.78 is 5.27.